The van der Waals surface area contributed by atoms with Gasteiger partial charge in [-0.05, 0) is 38.5 Å². The smallest absolute Gasteiger partial charge is 0.270 e. The normalized spacial score (nSPS) is 19.2. The highest BCUT2D eigenvalue weighted by molar-refractivity contribution is 7.82. The molecule has 0 saturated heterocycles. The lowest BCUT2D eigenvalue weighted by Gasteiger charge is -2.40. The van der Waals surface area contributed by atoms with Gasteiger partial charge >= 0.3 is 0 Å². The predicted molar refractivity (Wildman–Crippen MR) is 93.8 cm³/mol. The monoisotopic (exact) mass is 344 g/mol. The van der Waals surface area contributed by atoms with E-state index < -0.39 is 10.5 Å². The first kappa shape index (κ1) is 16.3. The first-order valence-corrected chi connectivity index (χ1v) is 7.85. The summed E-state index contributed by atoms with van der Waals surface area (Å²) in [6.07, 6.45) is 3.19. The molecule has 0 unspecified atom stereocenters. The molecule has 124 valence electrons. The molecule has 0 radical (unpaired) electrons. The minimum Gasteiger partial charge on any atom is -0.483 e. The van der Waals surface area contributed by atoms with Crippen LogP contribution in [-0.4, -0.2) is 32.7 Å². The van der Waals surface area contributed by atoms with Crippen molar-refractivity contribution in [3.8, 4) is 5.75 Å². The minimum absolute atomic E-state index is 0.0350. The largest absolute Gasteiger partial charge is 0.483 e. The summed E-state index contributed by atoms with van der Waals surface area (Å²) in [4.78, 5) is 24.6. The molecule has 0 amide bonds. The van der Waals surface area contributed by atoms with Crippen LogP contribution in [0.25, 0.3) is 5.70 Å². The number of ketones is 1. The molecular weight excluding hydrogens is 328 g/mol. The van der Waals surface area contributed by atoms with Gasteiger partial charge in [0.05, 0.1) is 10.6 Å². The van der Waals surface area contributed by atoms with E-state index >= 15 is 0 Å². The third-order valence-corrected chi connectivity index (χ3v) is 4.76. The molecule has 2 aliphatic heterocycles. The van der Waals surface area contributed by atoms with E-state index in [1.807, 2.05) is 20.8 Å². The highest BCUT2D eigenvalue weighted by atomic mass is 32.1. The molecule has 0 atom stereocenters. The fourth-order valence-corrected chi connectivity index (χ4v) is 3.07. The number of carbonyl (C=O) groups excluding carboxylic acids is 1. The molecule has 2 heterocycles. The zero-order valence-corrected chi connectivity index (χ0v) is 14.3. The average Bonchev–Trinajstić information content (AvgIpc) is 2.51. The Kier molecular flexibility index (Phi) is 3.76. The maximum absolute atomic E-state index is 12.0. The van der Waals surface area contributed by atoms with E-state index in [9.17, 15) is 14.9 Å². The van der Waals surface area contributed by atoms with Crippen molar-refractivity contribution in [2.75, 3.05) is 6.54 Å². The Balaban J connectivity index is 2.23. The van der Waals surface area contributed by atoms with Gasteiger partial charge in [0.2, 0.25) is 5.78 Å². The van der Waals surface area contributed by atoms with E-state index in [0.29, 0.717) is 23.6 Å². The number of hydrogen-bond acceptors (Lipinski definition) is 5. The molecule has 1 aromatic rings. The van der Waals surface area contributed by atoms with Crippen LogP contribution in [0.3, 0.4) is 0 Å². The van der Waals surface area contributed by atoms with Gasteiger partial charge in [0, 0.05) is 24.2 Å². The van der Waals surface area contributed by atoms with E-state index in [1.54, 1.807) is 17.0 Å². The van der Waals surface area contributed by atoms with Crippen molar-refractivity contribution in [3.05, 3.63) is 51.6 Å². The van der Waals surface area contributed by atoms with Crippen molar-refractivity contribution in [1.29, 1.82) is 0 Å². The van der Waals surface area contributed by atoms with Gasteiger partial charge in [0.1, 0.15) is 11.4 Å². The maximum atomic E-state index is 12.0. The Bertz CT molecular complexity index is 839. The van der Waals surface area contributed by atoms with Crippen molar-refractivity contribution in [3.63, 3.8) is 0 Å². The summed E-state index contributed by atoms with van der Waals surface area (Å²) < 4.78 is 6.00. The highest BCUT2D eigenvalue weighted by Crippen LogP contribution is 2.43. The van der Waals surface area contributed by atoms with Gasteiger partial charge in [-0.25, -0.2) is 0 Å². The van der Waals surface area contributed by atoms with Crippen molar-refractivity contribution >= 4 is 34.4 Å². The summed E-state index contributed by atoms with van der Waals surface area (Å²) in [5, 5.41) is 11.1. The third kappa shape index (κ3) is 2.50. The number of carbonyl (C=O) groups is 1. The molecule has 24 heavy (non-hydrogen) atoms. The average molecular weight is 344 g/mol. The number of hydrogen-bond donors (Lipinski definition) is 0. The van der Waals surface area contributed by atoms with E-state index in [2.05, 4.69) is 0 Å². The number of rotatable bonds is 2. The standard InChI is InChI=1S/C17H16N2O4S/c1-10-15(18-8-4-5-13(20)16(18)24)12-9-11(19(21)22)6-7-14(12)23-17(10,2)3/h4-7,9H,8H2,1-3H3. The fourth-order valence-electron chi connectivity index (χ4n) is 2.84. The lowest BCUT2D eigenvalue weighted by atomic mass is 9.89. The van der Waals surface area contributed by atoms with E-state index in [0.717, 1.165) is 5.57 Å². The Hall–Kier alpha value is -2.54. The number of nitro groups is 1. The van der Waals surface area contributed by atoms with E-state index in [-0.39, 0.29) is 16.5 Å². The Morgan fingerprint density at radius 1 is 1.38 bits per heavy atom. The van der Waals surface area contributed by atoms with Crippen LogP contribution in [0.1, 0.15) is 26.3 Å². The summed E-state index contributed by atoms with van der Waals surface area (Å²) in [5.74, 6) is 0.295. The highest BCUT2D eigenvalue weighted by Gasteiger charge is 2.37. The van der Waals surface area contributed by atoms with Crippen molar-refractivity contribution < 1.29 is 14.5 Å². The van der Waals surface area contributed by atoms with Crippen LogP contribution in [0, 0.1) is 10.1 Å². The molecule has 1 aromatic carbocycles. The summed E-state index contributed by atoms with van der Waals surface area (Å²) in [5.41, 5.74) is 1.49. The summed E-state index contributed by atoms with van der Waals surface area (Å²) in [6.45, 7) is 6.16. The van der Waals surface area contributed by atoms with E-state index in [4.69, 9.17) is 17.0 Å². The number of fused-ring (bicyclic) bond motifs is 1. The molecule has 7 heteroatoms. The van der Waals surface area contributed by atoms with Crippen LogP contribution in [0.2, 0.25) is 0 Å². The van der Waals surface area contributed by atoms with Gasteiger partial charge in [-0.15, -0.1) is 0 Å². The molecule has 0 N–H and O–H groups in total. The Morgan fingerprint density at radius 3 is 2.75 bits per heavy atom. The summed E-state index contributed by atoms with van der Waals surface area (Å²) in [7, 11) is 0. The van der Waals surface area contributed by atoms with Crippen LogP contribution >= 0.6 is 12.2 Å². The van der Waals surface area contributed by atoms with Gasteiger partial charge in [0.15, 0.2) is 4.99 Å². The van der Waals surface area contributed by atoms with E-state index in [1.165, 1.54) is 18.2 Å². The van der Waals surface area contributed by atoms with Crippen molar-refractivity contribution in [2.24, 2.45) is 0 Å². The van der Waals surface area contributed by atoms with Crippen LogP contribution in [-0.2, 0) is 4.79 Å². The SMILES string of the molecule is CC1=C(N2CC=CC(=O)C2=S)c2cc([N+](=O)[O-])ccc2OC1(C)C. The number of ether oxygens (including phenoxy) is 1. The molecule has 0 fully saturated rings. The van der Waals surface area contributed by atoms with Gasteiger partial charge in [-0.2, -0.15) is 0 Å². The molecule has 6 nitrogen and oxygen atoms in total. The van der Waals surface area contributed by atoms with Gasteiger partial charge in [0.25, 0.3) is 5.69 Å². The van der Waals surface area contributed by atoms with Gasteiger partial charge in [-0.1, -0.05) is 18.3 Å². The molecule has 0 aromatic heterocycles. The van der Waals surface area contributed by atoms with Gasteiger partial charge < -0.3 is 9.64 Å². The molecule has 0 saturated carbocycles. The Labute approximate surface area is 144 Å². The second kappa shape index (κ2) is 5.52. The molecule has 0 bridgehead atoms. The molecule has 3 rings (SSSR count). The second-order valence-corrected chi connectivity index (χ2v) is 6.59. The van der Waals surface area contributed by atoms with Crippen molar-refractivity contribution in [2.45, 2.75) is 26.4 Å². The lowest BCUT2D eigenvalue weighted by molar-refractivity contribution is -0.384. The van der Waals surface area contributed by atoms with Crippen LogP contribution < -0.4 is 4.74 Å². The molecule has 0 spiro atoms. The fraction of sp³-hybridized carbons (Fsp3) is 0.294. The second-order valence-electron chi connectivity index (χ2n) is 6.21. The number of non-ortho nitro benzene ring substituents is 1. The Morgan fingerprint density at radius 2 is 2.08 bits per heavy atom. The predicted octanol–water partition coefficient (Wildman–Crippen LogP) is 3.27. The maximum Gasteiger partial charge on any atom is 0.270 e. The van der Waals surface area contributed by atoms with Crippen LogP contribution in [0.4, 0.5) is 5.69 Å². The number of nitrogens with zero attached hydrogens (tertiary/aromatic N) is 2. The third-order valence-electron chi connectivity index (χ3n) is 4.34. The molecular formula is C17H16N2O4S. The molecule has 0 aliphatic carbocycles. The zero-order chi connectivity index (χ0) is 17.6. The summed E-state index contributed by atoms with van der Waals surface area (Å²) in [6, 6.07) is 4.47. The number of thiocarbonyl (C=S) groups is 1. The quantitative estimate of drug-likeness (QED) is 0.466. The lowest BCUT2D eigenvalue weighted by Crippen LogP contribution is -2.42. The van der Waals surface area contributed by atoms with Crippen LogP contribution in [0.15, 0.2) is 35.9 Å². The number of benzene rings is 1. The van der Waals surface area contributed by atoms with Gasteiger partial charge in [-0.3, -0.25) is 14.9 Å². The first-order valence-electron chi connectivity index (χ1n) is 7.44. The summed E-state index contributed by atoms with van der Waals surface area (Å²) >= 11 is 5.29. The van der Waals surface area contributed by atoms with Crippen molar-refractivity contribution in [1.82, 2.24) is 4.90 Å². The van der Waals surface area contributed by atoms with Crippen LogP contribution in [0.5, 0.6) is 5.75 Å². The topological polar surface area (TPSA) is 72.7 Å². The minimum atomic E-state index is -0.613. The number of nitro benzene ring substituents is 1. The first-order chi connectivity index (χ1) is 11.2. The zero-order valence-electron chi connectivity index (χ0n) is 13.5. The molecule has 2 aliphatic rings.